The quantitative estimate of drug-likeness (QED) is 0.522. The Morgan fingerprint density at radius 3 is 2.17 bits per heavy atom. The van der Waals surface area contributed by atoms with Crippen molar-refractivity contribution in [3.63, 3.8) is 0 Å². The van der Waals surface area contributed by atoms with Crippen LogP contribution in [0.15, 0.2) is 61.5 Å². The molecule has 0 unspecified atom stereocenters. The van der Waals surface area contributed by atoms with Crippen LogP contribution in [0.1, 0.15) is 55.8 Å². The molecular formula is C22H22N2O5. The van der Waals surface area contributed by atoms with E-state index in [0.717, 1.165) is 12.2 Å². The second kappa shape index (κ2) is 8.97. The zero-order valence-electron chi connectivity index (χ0n) is 16.2. The smallest absolute Gasteiger partial charge is 0.336 e. The van der Waals surface area contributed by atoms with Crippen molar-refractivity contribution >= 4 is 17.7 Å². The van der Waals surface area contributed by atoms with Crippen LogP contribution >= 0.6 is 0 Å². The van der Waals surface area contributed by atoms with Gasteiger partial charge in [-0.3, -0.25) is 4.79 Å². The van der Waals surface area contributed by atoms with Gasteiger partial charge < -0.3 is 15.2 Å². The number of carbonyl (C=O) groups excluding carboxylic acids is 1. The minimum absolute atomic E-state index is 0.0837. The summed E-state index contributed by atoms with van der Waals surface area (Å²) in [6, 6.07) is 2.37. The summed E-state index contributed by atoms with van der Waals surface area (Å²) in [7, 11) is 0. The van der Waals surface area contributed by atoms with Crippen molar-refractivity contribution in [1.29, 1.82) is 0 Å². The first kappa shape index (κ1) is 21.6. The number of aromatic amines is 1. The number of imidazole rings is 1. The summed E-state index contributed by atoms with van der Waals surface area (Å²) in [5.74, 6) is -1.90. The van der Waals surface area contributed by atoms with Crippen molar-refractivity contribution in [2.75, 3.05) is 0 Å². The Morgan fingerprint density at radius 1 is 1.17 bits per heavy atom. The summed E-state index contributed by atoms with van der Waals surface area (Å²) < 4.78 is 0. The van der Waals surface area contributed by atoms with Crippen LogP contribution in [0, 0.1) is 6.92 Å². The third-order valence-corrected chi connectivity index (χ3v) is 4.67. The first-order valence-corrected chi connectivity index (χ1v) is 8.82. The third kappa shape index (κ3) is 4.76. The first-order valence-electron chi connectivity index (χ1n) is 8.82. The highest BCUT2D eigenvalue weighted by atomic mass is 16.4. The monoisotopic (exact) mass is 394 g/mol. The van der Waals surface area contributed by atoms with Crippen molar-refractivity contribution in [2.45, 2.75) is 25.7 Å². The van der Waals surface area contributed by atoms with E-state index in [4.69, 9.17) is 10.2 Å². The molecule has 0 amide bonds. The third-order valence-electron chi connectivity index (χ3n) is 4.67. The maximum atomic E-state index is 11.1. The highest BCUT2D eigenvalue weighted by Gasteiger charge is 2.27. The van der Waals surface area contributed by atoms with Crippen LogP contribution in [-0.4, -0.2) is 37.9 Å². The zero-order valence-corrected chi connectivity index (χ0v) is 16.2. The van der Waals surface area contributed by atoms with Crippen molar-refractivity contribution in [3.05, 3.63) is 89.6 Å². The van der Waals surface area contributed by atoms with E-state index in [9.17, 15) is 14.4 Å². The largest absolute Gasteiger partial charge is 0.478 e. The second-order valence-corrected chi connectivity index (χ2v) is 6.54. The molecular weight excluding hydrogens is 372 g/mol. The van der Waals surface area contributed by atoms with Crippen LogP contribution in [0.4, 0.5) is 0 Å². The van der Waals surface area contributed by atoms with E-state index in [1.54, 1.807) is 6.20 Å². The Balaban J connectivity index is 0.000000211. The van der Waals surface area contributed by atoms with Gasteiger partial charge in [-0.2, -0.15) is 0 Å². The molecule has 1 aromatic carbocycles. The molecule has 1 heterocycles. The first-order chi connectivity index (χ1) is 13.7. The number of carboxylic acid groups (broad SMARTS) is 2. The van der Waals surface area contributed by atoms with Crippen LogP contribution in [-0.2, 0) is 5.41 Å². The molecule has 150 valence electrons. The van der Waals surface area contributed by atoms with E-state index in [1.165, 1.54) is 26.0 Å². The Hall–Kier alpha value is -3.74. The lowest BCUT2D eigenvalue weighted by Crippen LogP contribution is -2.22. The average molecular weight is 394 g/mol. The highest BCUT2D eigenvalue weighted by molar-refractivity contribution is 6.02. The molecule has 29 heavy (non-hydrogen) atoms. The number of aromatic carboxylic acids is 2. The SMILES string of the molecule is C=C[C@@]1(c2ncc[nH]2)C=CC=CC1.CC(=O)c1cc(C(=O)O)c(C)c(C(=O)O)c1. The predicted molar refractivity (Wildman–Crippen MR) is 108 cm³/mol. The summed E-state index contributed by atoms with van der Waals surface area (Å²) >= 11 is 0. The van der Waals surface area contributed by atoms with Crippen LogP contribution in [0.5, 0.6) is 0 Å². The van der Waals surface area contributed by atoms with Crippen molar-refractivity contribution in [3.8, 4) is 0 Å². The number of carboxylic acids is 2. The van der Waals surface area contributed by atoms with Gasteiger partial charge in [0, 0.05) is 18.0 Å². The van der Waals surface area contributed by atoms with Gasteiger partial charge in [-0.05, 0) is 38.0 Å². The van der Waals surface area contributed by atoms with Gasteiger partial charge in [0.05, 0.1) is 16.5 Å². The lowest BCUT2D eigenvalue weighted by Gasteiger charge is -2.24. The minimum Gasteiger partial charge on any atom is -0.478 e. The standard InChI is InChI=1S/C11H12N2.C11H10O5/c1-2-11(6-4-3-5-7-11)10-12-8-9-13-10;1-5-8(10(13)14)3-7(6(2)12)4-9(5)11(15)16/h2-6,8-9H,1,7H2,(H,12,13);3-4H,1-2H3,(H,13,14)(H,15,16)/t11-;/m1./s1. The number of nitrogens with one attached hydrogen (secondary N) is 1. The number of rotatable bonds is 5. The number of ketones is 1. The summed E-state index contributed by atoms with van der Waals surface area (Å²) in [6.07, 6.45) is 14.8. The summed E-state index contributed by atoms with van der Waals surface area (Å²) in [4.78, 5) is 40.3. The summed E-state index contributed by atoms with van der Waals surface area (Å²) in [5, 5.41) is 17.7. The number of Topliss-reactive ketones (excluding diaryl/α,β-unsaturated/α-hetero) is 1. The Kier molecular flexibility index (Phi) is 6.67. The van der Waals surface area contributed by atoms with E-state index < -0.39 is 11.9 Å². The fourth-order valence-electron chi connectivity index (χ4n) is 2.94. The van der Waals surface area contributed by atoms with Gasteiger partial charge in [-0.25, -0.2) is 14.6 Å². The summed E-state index contributed by atoms with van der Waals surface area (Å²) in [5.41, 5.74) is -0.223. The zero-order chi connectivity index (χ0) is 21.6. The van der Waals surface area contributed by atoms with Crippen LogP contribution in [0.2, 0.25) is 0 Å². The normalized spacial score (nSPS) is 17.2. The number of nitrogens with zero attached hydrogens (tertiary/aromatic N) is 1. The Bertz CT molecular complexity index is 967. The molecule has 3 N–H and O–H groups in total. The number of allylic oxidation sites excluding steroid dienone is 5. The van der Waals surface area contributed by atoms with E-state index in [0.29, 0.717) is 0 Å². The van der Waals surface area contributed by atoms with Gasteiger partial charge >= 0.3 is 11.9 Å². The van der Waals surface area contributed by atoms with Gasteiger partial charge in [0.25, 0.3) is 0 Å². The van der Waals surface area contributed by atoms with Gasteiger partial charge in [-0.15, -0.1) is 6.58 Å². The van der Waals surface area contributed by atoms with E-state index in [2.05, 4.69) is 28.7 Å². The average Bonchev–Trinajstić information content (AvgIpc) is 3.24. The van der Waals surface area contributed by atoms with Crippen LogP contribution < -0.4 is 0 Å². The maximum Gasteiger partial charge on any atom is 0.336 e. The second-order valence-electron chi connectivity index (χ2n) is 6.54. The molecule has 3 rings (SSSR count). The van der Waals surface area contributed by atoms with Gasteiger partial charge in [0.2, 0.25) is 0 Å². The molecule has 1 aliphatic rings. The summed E-state index contributed by atoms with van der Waals surface area (Å²) in [6.45, 7) is 6.52. The number of hydrogen-bond donors (Lipinski definition) is 3. The van der Waals surface area contributed by atoms with Crippen LogP contribution in [0.3, 0.4) is 0 Å². The maximum absolute atomic E-state index is 11.1. The van der Waals surface area contributed by atoms with Gasteiger partial charge in [-0.1, -0.05) is 30.4 Å². The van der Waals surface area contributed by atoms with Gasteiger partial charge in [0.1, 0.15) is 5.82 Å². The molecule has 1 aliphatic carbocycles. The minimum atomic E-state index is -1.25. The van der Waals surface area contributed by atoms with E-state index in [-0.39, 0.29) is 33.5 Å². The molecule has 7 heteroatoms. The lowest BCUT2D eigenvalue weighted by atomic mass is 9.81. The van der Waals surface area contributed by atoms with Crippen molar-refractivity contribution in [2.24, 2.45) is 0 Å². The molecule has 0 fully saturated rings. The molecule has 0 radical (unpaired) electrons. The molecule has 7 nitrogen and oxygen atoms in total. The molecule has 0 aliphatic heterocycles. The molecule has 0 saturated carbocycles. The van der Waals surface area contributed by atoms with Crippen molar-refractivity contribution in [1.82, 2.24) is 9.97 Å². The molecule has 2 aromatic rings. The van der Waals surface area contributed by atoms with E-state index in [1.807, 2.05) is 24.4 Å². The topological polar surface area (TPSA) is 120 Å². The van der Waals surface area contributed by atoms with Crippen molar-refractivity contribution < 1.29 is 24.6 Å². The molecule has 1 aromatic heterocycles. The molecule has 0 saturated heterocycles. The number of hydrogen-bond acceptors (Lipinski definition) is 4. The Morgan fingerprint density at radius 2 is 1.79 bits per heavy atom. The number of benzene rings is 1. The Labute approximate surface area is 168 Å². The van der Waals surface area contributed by atoms with Gasteiger partial charge in [0.15, 0.2) is 5.78 Å². The number of carbonyl (C=O) groups is 3. The predicted octanol–water partition coefficient (Wildman–Crippen LogP) is 3.94. The molecule has 1 atom stereocenters. The van der Waals surface area contributed by atoms with E-state index >= 15 is 0 Å². The number of aromatic nitrogens is 2. The fourth-order valence-corrected chi connectivity index (χ4v) is 2.94. The fraction of sp³-hybridized carbons (Fsp3) is 0.182. The molecule has 0 bridgehead atoms. The highest BCUT2D eigenvalue weighted by Crippen LogP contribution is 2.31. The number of H-pyrrole nitrogens is 1. The lowest BCUT2D eigenvalue weighted by molar-refractivity contribution is 0.0696. The van der Waals surface area contributed by atoms with Crippen LogP contribution in [0.25, 0.3) is 0 Å². The molecule has 0 spiro atoms.